The third kappa shape index (κ3) is 3.37. The molecule has 1 heterocycles. The van der Waals surface area contributed by atoms with E-state index in [1.54, 1.807) is 12.1 Å². The summed E-state index contributed by atoms with van der Waals surface area (Å²) in [5.41, 5.74) is 7.10. The SMILES string of the molecule is CCc1ccc(NS(=O)(=O)c2cnn(CCN)c2)cc1. The number of anilines is 1. The third-order valence-electron chi connectivity index (χ3n) is 2.89. The Labute approximate surface area is 118 Å². The van der Waals surface area contributed by atoms with Crippen LogP contribution in [0.15, 0.2) is 41.6 Å². The number of nitrogens with zero attached hydrogens (tertiary/aromatic N) is 2. The van der Waals surface area contributed by atoms with Crippen LogP contribution in [0, 0.1) is 0 Å². The molecule has 0 saturated heterocycles. The Kier molecular flexibility index (Phi) is 4.41. The Bertz CT molecular complexity index is 662. The minimum atomic E-state index is -3.60. The van der Waals surface area contributed by atoms with E-state index in [0.717, 1.165) is 12.0 Å². The Hall–Kier alpha value is -1.86. The minimum Gasteiger partial charge on any atom is -0.329 e. The first kappa shape index (κ1) is 14.5. The molecule has 1 aromatic carbocycles. The van der Waals surface area contributed by atoms with E-state index in [0.29, 0.717) is 18.8 Å². The fourth-order valence-corrected chi connectivity index (χ4v) is 2.77. The molecular formula is C13H18N4O2S. The smallest absolute Gasteiger partial charge is 0.265 e. The van der Waals surface area contributed by atoms with Crippen LogP contribution in [0.3, 0.4) is 0 Å². The molecule has 0 bridgehead atoms. The molecule has 0 atom stereocenters. The van der Waals surface area contributed by atoms with E-state index in [9.17, 15) is 8.42 Å². The van der Waals surface area contributed by atoms with E-state index >= 15 is 0 Å². The van der Waals surface area contributed by atoms with Gasteiger partial charge in [0.15, 0.2) is 0 Å². The predicted molar refractivity (Wildman–Crippen MR) is 77.9 cm³/mol. The summed E-state index contributed by atoms with van der Waals surface area (Å²) in [5, 5.41) is 3.96. The van der Waals surface area contributed by atoms with Gasteiger partial charge in [-0.25, -0.2) is 8.42 Å². The van der Waals surface area contributed by atoms with Crippen molar-refractivity contribution in [2.45, 2.75) is 24.8 Å². The molecule has 2 aromatic rings. The topological polar surface area (TPSA) is 90.0 Å². The van der Waals surface area contributed by atoms with Gasteiger partial charge in [0.1, 0.15) is 4.90 Å². The Morgan fingerprint density at radius 3 is 2.60 bits per heavy atom. The van der Waals surface area contributed by atoms with Gasteiger partial charge in [0.2, 0.25) is 0 Å². The number of nitrogens with two attached hydrogens (primary N) is 1. The zero-order chi connectivity index (χ0) is 14.6. The fraction of sp³-hybridized carbons (Fsp3) is 0.308. The van der Waals surface area contributed by atoms with Crippen LogP contribution < -0.4 is 10.5 Å². The molecule has 1 aromatic heterocycles. The summed E-state index contributed by atoms with van der Waals surface area (Å²) in [6.45, 7) is 2.94. The highest BCUT2D eigenvalue weighted by Gasteiger charge is 2.16. The lowest BCUT2D eigenvalue weighted by Gasteiger charge is -2.06. The Morgan fingerprint density at radius 1 is 1.30 bits per heavy atom. The summed E-state index contributed by atoms with van der Waals surface area (Å²) >= 11 is 0. The second-order valence-corrected chi connectivity index (χ2v) is 6.07. The molecule has 7 heteroatoms. The molecule has 2 rings (SSSR count). The molecule has 3 N–H and O–H groups in total. The van der Waals surface area contributed by atoms with Gasteiger partial charge in [-0.2, -0.15) is 5.10 Å². The van der Waals surface area contributed by atoms with Crippen molar-refractivity contribution in [1.29, 1.82) is 0 Å². The number of benzene rings is 1. The summed E-state index contributed by atoms with van der Waals surface area (Å²) < 4.78 is 28.4. The number of aromatic nitrogens is 2. The molecule has 0 radical (unpaired) electrons. The molecule has 108 valence electrons. The second kappa shape index (κ2) is 6.06. The molecular weight excluding hydrogens is 276 g/mol. The van der Waals surface area contributed by atoms with Crippen LogP contribution >= 0.6 is 0 Å². The van der Waals surface area contributed by atoms with E-state index in [1.807, 2.05) is 19.1 Å². The monoisotopic (exact) mass is 294 g/mol. The van der Waals surface area contributed by atoms with Crippen molar-refractivity contribution < 1.29 is 8.42 Å². The average molecular weight is 294 g/mol. The zero-order valence-electron chi connectivity index (χ0n) is 11.3. The highest BCUT2D eigenvalue weighted by atomic mass is 32.2. The molecule has 0 fully saturated rings. The number of hydrogen-bond donors (Lipinski definition) is 2. The third-order valence-corrected chi connectivity index (χ3v) is 4.23. The summed E-state index contributed by atoms with van der Waals surface area (Å²) in [6, 6.07) is 7.30. The molecule has 0 saturated carbocycles. The quantitative estimate of drug-likeness (QED) is 0.837. The fourth-order valence-electron chi connectivity index (χ4n) is 1.76. The van der Waals surface area contributed by atoms with Gasteiger partial charge >= 0.3 is 0 Å². The van der Waals surface area contributed by atoms with Crippen LogP contribution in [0.4, 0.5) is 5.69 Å². The van der Waals surface area contributed by atoms with Gasteiger partial charge in [-0.15, -0.1) is 0 Å². The number of sulfonamides is 1. The lowest BCUT2D eigenvalue weighted by molar-refractivity contribution is 0.599. The van der Waals surface area contributed by atoms with Gasteiger partial charge in [-0.3, -0.25) is 9.40 Å². The molecule has 6 nitrogen and oxygen atoms in total. The van der Waals surface area contributed by atoms with E-state index < -0.39 is 10.0 Å². The second-order valence-electron chi connectivity index (χ2n) is 4.38. The standard InChI is InChI=1S/C13H18N4O2S/c1-2-11-3-5-12(6-4-11)16-20(18,19)13-9-15-17(10-13)8-7-14/h3-6,9-10,16H,2,7-8,14H2,1H3. The van der Waals surface area contributed by atoms with Crippen molar-refractivity contribution >= 4 is 15.7 Å². The van der Waals surface area contributed by atoms with E-state index in [1.165, 1.54) is 17.1 Å². The molecule has 0 spiro atoms. The van der Waals surface area contributed by atoms with E-state index in [4.69, 9.17) is 5.73 Å². The Balaban J connectivity index is 2.16. The maximum Gasteiger partial charge on any atom is 0.265 e. The van der Waals surface area contributed by atoms with Crippen molar-refractivity contribution in [2.24, 2.45) is 5.73 Å². The van der Waals surface area contributed by atoms with Crippen molar-refractivity contribution in [3.63, 3.8) is 0 Å². The molecule has 20 heavy (non-hydrogen) atoms. The first-order chi connectivity index (χ1) is 9.55. The normalized spacial score (nSPS) is 11.5. The van der Waals surface area contributed by atoms with Crippen LogP contribution in [-0.2, 0) is 23.0 Å². The lowest BCUT2D eigenvalue weighted by Crippen LogP contribution is -2.13. The maximum absolute atomic E-state index is 12.2. The molecule has 0 aliphatic rings. The predicted octanol–water partition coefficient (Wildman–Crippen LogP) is 1.20. The summed E-state index contributed by atoms with van der Waals surface area (Å²) in [5.74, 6) is 0. The highest BCUT2D eigenvalue weighted by molar-refractivity contribution is 7.92. The number of aryl methyl sites for hydroxylation is 1. The molecule has 0 aliphatic heterocycles. The van der Waals surface area contributed by atoms with E-state index in [-0.39, 0.29) is 4.90 Å². The minimum absolute atomic E-state index is 0.130. The number of nitrogens with one attached hydrogen (secondary N) is 1. The number of hydrogen-bond acceptors (Lipinski definition) is 4. The van der Waals surface area contributed by atoms with Crippen LogP contribution in [0.2, 0.25) is 0 Å². The molecule has 0 aliphatic carbocycles. The van der Waals surface area contributed by atoms with Crippen LogP contribution in [0.1, 0.15) is 12.5 Å². The van der Waals surface area contributed by atoms with Crippen LogP contribution in [0.25, 0.3) is 0 Å². The van der Waals surface area contributed by atoms with Gasteiger partial charge in [0.25, 0.3) is 10.0 Å². The first-order valence-electron chi connectivity index (χ1n) is 6.39. The van der Waals surface area contributed by atoms with Gasteiger partial charge < -0.3 is 5.73 Å². The van der Waals surface area contributed by atoms with E-state index in [2.05, 4.69) is 9.82 Å². The highest BCUT2D eigenvalue weighted by Crippen LogP contribution is 2.16. The van der Waals surface area contributed by atoms with Crippen molar-refractivity contribution in [3.8, 4) is 0 Å². The van der Waals surface area contributed by atoms with Crippen molar-refractivity contribution in [1.82, 2.24) is 9.78 Å². The number of rotatable bonds is 6. The van der Waals surface area contributed by atoms with Crippen molar-refractivity contribution in [2.75, 3.05) is 11.3 Å². The largest absolute Gasteiger partial charge is 0.329 e. The lowest BCUT2D eigenvalue weighted by atomic mass is 10.2. The van der Waals surface area contributed by atoms with Gasteiger partial charge in [-0.05, 0) is 24.1 Å². The Morgan fingerprint density at radius 2 is 2.00 bits per heavy atom. The van der Waals surface area contributed by atoms with Gasteiger partial charge in [0.05, 0.1) is 12.7 Å². The molecule has 0 unspecified atom stereocenters. The first-order valence-corrected chi connectivity index (χ1v) is 7.87. The van der Waals surface area contributed by atoms with Crippen molar-refractivity contribution in [3.05, 3.63) is 42.2 Å². The van der Waals surface area contributed by atoms with Gasteiger partial charge in [-0.1, -0.05) is 19.1 Å². The molecule has 0 amide bonds. The summed E-state index contributed by atoms with van der Waals surface area (Å²) in [6.07, 6.45) is 3.70. The maximum atomic E-state index is 12.2. The van der Waals surface area contributed by atoms with Gasteiger partial charge in [0, 0.05) is 18.4 Å². The van der Waals surface area contributed by atoms with Crippen LogP contribution in [-0.4, -0.2) is 24.7 Å². The van der Waals surface area contributed by atoms with Crippen LogP contribution in [0.5, 0.6) is 0 Å². The summed E-state index contributed by atoms with van der Waals surface area (Å²) in [7, 11) is -3.60. The zero-order valence-corrected chi connectivity index (χ0v) is 12.1. The summed E-state index contributed by atoms with van der Waals surface area (Å²) in [4.78, 5) is 0.130. The average Bonchev–Trinajstić information content (AvgIpc) is 2.89.